The molecule has 0 atom stereocenters. The highest BCUT2D eigenvalue weighted by Gasteiger charge is 2.49. The second kappa shape index (κ2) is 3.63. The molecule has 2 aromatic rings. The second-order valence-electron chi connectivity index (χ2n) is 4.78. The quantitative estimate of drug-likeness (QED) is 0.651. The monoisotopic (exact) mass is 247 g/mol. The maximum atomic E-state index is 11.1. The average molecular weight is 247 g/mol. The van der Waals surface area contributed by atoms with Gasteiger partial charge in [-0.05, 0) is 31.0 Å². The minimum absolute atomic E-state index is 0.244. The van der Waals surface area contributed by atoms with Crippen molar-refractivity contribution in [2.24, 2.45) is 5.41 Å². The molecule has 1 saturated carbocycles. The van der Waals surface area contributed by atoms with Crippen LogP contribution in [0.25, 0.3) is 11.0 Å². The van der Waals surface area contributed by atoms with E-state index >= 15 is 0 Å². The van der Waals surface area contributed by atoms with E-state index in [4.69, 9.17) is 5.11 Å². The summed E-state index contributed by atoms with van der Waals surface area (Å²) >= 11 is 0. The van der Waals surface area contributed by atoms with Crippen molar-refractivity contribution in [3.63, 3.8) is 0 Å². The zero-order valence-electron chi connectivity index (χ0n) is 9.62. The van der Waals surface area contributed by atoms with Crippen molar-refractivity contribution in [1.29, 1.82) is 0 Å². The fourth-order valence-electron chi connectivity index (χ4n) is 2.03. The molecule has 6 heteroatoms. The van der Waals surface area contributed by atoms with Crippen LogP contribution < -0.4 is 11.0 Å². The van der Waals surface area contributed by atoms with E-state index in [2.05, 4.69) is 15.3 Å². The lowest BCUT2D eigenvalue weighted by Crippen LogP contribution is -2.24. The van der Waals surface area contributed by atoms with Crippen molar-refractivity contribution in [2.45, 2.75) is 12.8 Å². The van der Waals surface area contributed by atoms with Crippen LogP contribution in [0.4, 0.5) is 5.69 Å². The first-order valence-corrected chi connectivity index (χ1v) is 5.78. The molecule has 1 heterocycles. The van der Waals surface area contributed by atoms with Gasteiger partial charge in [-0.25, -0.2) is 4.79 Å². The first-order chi connectivity index (χ1) is 8.59. The molecule has 0 spiro atoms. The largest absolute Gasteiger partial charge is 0.481 e. The minimum Gasteiger partial charge on any atom is -0.481 e. The van der Waals surface area contributed by atoms with E-state index in [9.17, 15) is 9.59 Å². The molecule has 18 heavy (non-hydrogen) atoms. The van der Waals surface area contributed by atoms with E-state index in [0.29, 0.717) is 12.1 Å². The number of hydrogen-bond acceptors (Lipinski definition) is 3. The number of anilines is 1. The van der Waals surface area contributed by atoms with Crippen molar-refractivity contribution in [3.05, 3.63) is 28.7 Å². The summed E-state index contributed by atoms with van der Waals surface area (Å²) in [7, 11) is 0. The standard InChI is InChI=1S/C12H13N3O3/c16-10(17)12(3-4-12)6-13-7-1-2-8-9(5-7)15-11(18)14-8/h1-2,5,13H,3-4,6H2,(H,16,17)(H2,14,15,18). The van der Waals surface area contributed by atoms with Gasteiger partial charge >= 0.3 is 11.7 Å². The second-order valence-corrected chi connectivity index (χ2v) is 4.78. The van der Waals surface area contributed by atoms with Gasteiger partial charge in [-0.1, -0.05) is 0 Å². The highest BCUT2D eigenvalue weighted by atomic mass is 16.4. The zero-order valence-corrected chi connectivity index (χ0v) is 9.62. The Bertz CT molecular complexity index is 667. The number of benzene rings is 1. The topological polar surface area (TPSA) is 98.0 Å². The summed E-state index contributed by atoms with van der Waals surface area (Å²) in [4.78, 5) is 27.5. The number of aromatic nitrogens is 2. The number of carboxylic acid groups (broad SMARTS) is 1. The van der Waals surface area contributed by atoms with Crippen molar-refractivity contribution >= 4 is 22.7 Å². The minimum atomic E-state index is -0.744. The molecule has 0 amide bonds. The normalized spacial score (nSPS) is 16.7. The van der Waals surface area contributed by atoms with Crippen LogP contribution in [0.2, 0.25) is 0 Å². The lowest BCUT2D eigenvalue weighted by molar-refractivity contribution is -0.142. The molecule has 0 saturated heterocycles. The van der Waals surface area contributed by atoms with Gasteiger partial charge < -0.3 is 20.4 Å². The van der Waals surface area contributed by atoms with Gasteiger partial charge in [0.05, 0.1) is 16.4 Å². The van der Waals surface area contributed by atoms with Crippen molar-refractivity contribution in [3.8, 4) is 0 Å². The number of carbonyl (C=O) groups is 1. The molecule has 1 aromatic carbocycles. The summed E-state index contributed by atoms with van der Waals surface area (Å²) in [5, 5.41) is 12.2. The number of aliphatic carboxylic acids is 1. The molecule has 1 aromatic heterocycles. The van der Waals surface area contributed by atoms with Gasteiger partial charge in [0.2, 0.25) is 0 Å². The molecule has 0 unspecified atom stereocenters. The number of fused-ring (bicyclic) bond motifs is 1. The smallest absolute Gasteiger partial charge is 0.323 e. The third-order valence-corrected chi connectivity index (χ3v) is 3.45. The Morgan fingerprint density at radius 1 is 1.33 bits per heavy atom. The molecular formula is C12H13N3O3. The molecule has 0 bridgehead atoms. The van der Waals surface area contributed by atoms with Crippen LogP contribution in [-0.4, -0.2) is 27.6 Å². The predicted molar refractivity (Wildman–Crippen MR) is 66.7 cm³/mol. The molecule has 1 aliphatic carbocycles. The maximum absolute atomic E-state index is 11.1. The summed E-state index contributed by atoms with van der Waals surface area (Å²) in [5.41, 5.74) is 1.42. The summed E-state index contributed by atoms with van der Waals surface area (Å²) in [6.07, 6.45) is 1.44. The van der Waals surface area contributed by atoms with Gasteiger partial charge in [0.15, 0.2) is 0 Å². The van der Waals surface area contributed by atoms with E-state index in [-0.39, 0.29) is 5.69 Å². The van der Waals surface area contributed by atoms with E-state index in [1.165, 1.54) is 0 Å². The highest BCUT2D eigenvalue weighted by Crippen LogP contribution is 2.45. The zero-order chi connectivity index (χ0) is 12.8. The van der Waals surface area contributed by atoms with Gasteiger partial charge in [-0.3, -0.25) is 4.79 Å². The summed E-state index contributed by atoms with van der Waals surface area (Å²) < 4.78 is 0. The number of nitrogens with one attached hydrogen (secondary N) is 3. The predicted octanol–water partition coefficient (Wildman–Crippen LogP) is 1.13. The van der Waals surface area contributed by atoms with Gasteiger partial charge in [0.25, 0.3) is 0 Å². The molecule has 4 N–H and O–H groups in total. The van der Waals surface area contributed by atoms with Crippen LogP contribution in [0.3, 0.4) is 0 Å². The van der Waals surface area contributed by atoms with Crippen LogP contribution in [0.5, 0.6) is 0 Å². The molecule has 0 aliphatic heterocycles. The number of rotatable bonds is 4. The highest BCUT2D eigenvalue weighted by molar-refractivity contribution is 5.80. The third kappa shape index (κ3) is 1.75. The molecule has 6 nitrogen and oxygen atoms in total. The molecule has 94 valence electrons. The average Bonchev–Trinajstić information content (AvgIpc) is 3.03. The lowest BCUT2D eigenvalue weighted by Gasteiger charge is -2.12. The Kier molecular flexibility index (Phi) is 2.19. The van der Waals surface area contributed by atoms with Gasteiger partial charge in [0.1, 0.15) is 0 Å². The van der Waals surface area contributed by atoms with E-state index in [1.54, 1.807) is 12.1 Å². The fraction of sp³-hybridized carbons (Fsp3) is 0.333. The van der Waals surface area contributed by atoms with Crippen LogP contribution in [-0.2, 0) is 4.79 Å². The Labute approximate surface area is 102 Å². The first kappa shape index (κ1) is 10.9. The number of carboxylic acids is 1. The Morgan fingerprint density at radius 2 is 2.06 bits per heavy atom. The van der Waals surface area contributed by atoms with E-state index in [1.807, 2.05) is 6.07 Å². The lowest BCUT2D eigenvalue weighted by atomic mass is 10.1. The number of H-pyrrole nitrogens is 2. The summed E-state index contributed by atoms with van der Waals surface area (Å²) in [6, 6.07) is 5.41. The van der Waals surface area contributed by atoms with Crippen molar-refractivity contribution in [1.82, 2.24) is 9.97 Å². The number of aromatic amines is 2. The van der Waals surface area contributed by atoms with Crippen LogP contribution in [0, 0.1) is 5.41 Å². The van der Waals surface area contributed by atoms with Crippen LogP contribution >= 0.6 is 0 Å². The number of imidazole rings is 1. The third-order valence-electron chi connectivity index (χ3n) is 3.45. The molecule has 1 aliphatic rings. The Morgan fingerprint density at radius 3 is 2.72 bits per heavy atom. The van der Waals surface area contributed by atoms with Gasteiger partial charge in [-0.15, -0.1) is 0 Å². The summed E-state index contributed by atoms with van der Waals surface area (Å²) in [6.45, 7) is 0.419. The van der Waals surface area contributed by atoms with Gasteiger partial charge in [0, 0.05) is 12.2 Å². The van der Waals surface area contributed by atoms with Crippen molar-refractivity contribution in [2.75, 3.05) is 11.9 Å². The fourth-order valence-corrected chi connectivity index (χ4v) is 2.03. The van der Waals surface area contributed by atoms with Crippen LogP contribution in [0.1, 0.15) is 12.8 Å². The van der Waals surface area contributed by atoms with Crippen molar-refractivity contribution < 1.29 is 9.90 Å². The summed E-state index contributed by atoms with van der Waals surface area (Å²) in [5.74, 6) is -0.744. The maximum Gasteiger partial charge on any atom is 0.323 e. The Balaban J connectivity index is 1.79. The van der Waals surface area contributed by atoms with Gasteiger partial charge in [-0.2, -0.15) is 0 Å². The van der Waals surface area contributed by atoms with E-state index < -0.39 is 11.4 Å². The molecule has 1 fully saturated rings. The van der Waals surface area contributed by atoms with E-state index in [0.717, 1.165) is 24.0 Å². The van der Waals surface area contributed by atoms with Crippen LogP contribution in [0.15, 0.2) is 23.0 Å². The molecule has 0 radical (unpaired) electrons. The Hall–Kier alpha value is -2.24. The number of hydrogen-bond donors (Lipinski definition) is 4. The molecule has 3 rings (SSSR count). The first-order valence-electron chi connectivity index (χ1n) is 5.78. The molecular weight excluding hydrogens is 234 g/mol. The SMILES string of the molecule is O=C(O)C1(CNc2ccc3[nH]c(=O)[nH]c3c2)CC1.